The maximum atomic E-state index is 5.20. The Hall–Kier alpha value is -0.140. The Bertz CT molecular complexity index is 87.7. The van der Waals surface area contributed by atoms with Crippen LogP contribution in [0, 0.1) is 0 Å². The van der Waals surface area contributed by atoms with E-state index in [1.165, 1.54) is 6.26 Å². The maximum Gasteiger partial charge on any atom is 0.204 e. The Morgan fingerprint density at radius 3 is 2.43 bits per heavy atom. The lowest BCUT2D eigenvalue weighted by molar-refractivity contribution is 0.388. The molecule has 0 aliphatic rings. The van der Waals surface area contributed by atoms with E-state index < -0.39 is 0 Å². The fourth-order valence-corrected chi connectivity index (χ4v) is 0.220. The van der Waals surface area contributed by atoms with Gasteiger partial charge in [0.05, 0.1) is 11.8 Å². The van der Waals surface area contributed by atoms with Gasteiger partial charge in [-0.15, -0.1) is 0 Å². The molecule has 0 rings (SSSR count). The van der Waals surface area contributed by atoms with E-state index in [0.29, 0.717) is 0 Å². The first-order valence-corrected chi connectivity index (χ1v) is 2.36. The Morgan fingerprint density at radius 2 is 2.29 bits per heavy atom. The molecule has 0 aliphatic carbocycles. The molecule has 0 bridgehead atoms. The lowest BCUT2D eigenvalue weighted by Crippen LogP contribution is -1.67. The second-order valence-corrected chi connectivity index (χ2v) is 1.29. The van der Waals surface area contributed by atoms with Gasteiger partial charge in [-0.3, -0.25) is 0 Å². The summed E-state index contributed by atoms with van der Waals surface area (Å²) in [6.45, 7) is 3.24. The van der Waals surface area contributed by atoms with Crippen LogP contribution >= 0.6 is 23.2 Å². The maximum absolute atomic E-state index is 5.20. The van der Waals surface area contributed by atoms with Crippen LogP contribution in [0.3, 0.4) is 0 Å². The van der Waals surface area contributed by atoms with Crippen molar-refractivity contribution in [3.05, 3.63) is 23.6 Å². The van der Waals surface area contributed by atoms with Gasteiger partial charge in [0, 0.05) is 0 Å². The predicted octanol–water partition coefficient (Wildman–Crippen LogP) is 2.42. The Kier molecular flexibility index (Phi) is 3.95. The van der Waals surface area contributed by atoms with Gasteiger partial charge in [0.25, 0.3) is 0 Å². The van der Waals surface area contributed by atoms with Gasteiger partial charge in [0.15, 0.2) is 0 Å². The van der Waals surface area contributed by atoms with E-state index >= 15 is 0 Å². The van der Waals surface area contributed by atoms with E-state index in [2.05, 4.69) is 11.3 Å². The molecule has 3 heteroatoms. The number of hydrogen-bond donors (Lipinski definition) is 0. The van der Waals surface area contributed by atoms with E-state index in [1.54, 1.807) is 0 Å². The van der Waals surface area contributed by atoms with Crippen molar-refractivity contribution in [3.63, 3.8) is 0 Å². The zero-order valence-corrected chi connectivity index (χ0v) is 5.04. The molecule has 0 fully saturated rings. The molecular weight excluding hydrogens is 135 g/mol. The molecule has 0 heterocycles. The topological polar surface area (TPSA) is 9.23 Å². The van der Waals surface area contributed by atoms with Crippen LogP contribution in [-0.4, -0.2) is 0 Å². The molecule has 0 radical (unpaired) electrons. The second kappa shape index (κ2) is 4.03. The van der Waals surface area contributed by atoms with Gasteiger partial charge in [0.2, 0.25) is 5.22 Å². The van der Waals surface area contributed by atoms with Crippen molar-refractivity contribution >= 4 is 23.2 Å². The summed E-state index contributed by atoms with van der Waals surface area (Å²) >= 11 is 10.3. The molecule has 0 spiro atoms. The van der Waals surface area contributed by atoms with Crippen molar-refractivity contribution in [1.29, 1.82) is 0 Å². The molecule has 40 valence electrons. The van der Waals surface area contributed by atoms with E-state index in [-0.39, 0.29) is 5.22 Å². The quantitative estimate of drug-likeness (QED) is 0.533. The molecule has 0 aliphatic heterocycles. The average Bonchev–Trinajstić information content (AvgIpc) is 1.68. The lowest BCUT2D eigenvalue weighted by Gasteiger charge is -1.88. The molecule has 0 N–H and O–H groups in total. The van der Waals surface area contributed by atoms with Gasteiger partial charge in [-0.05, 0) is 11.6 Å². The van der Waals surface area contributed by atoms with Gasteiger partial charge < -0.3 is 4.74 Å². The normalized spacial score (nSPS) is 10.9. The molecule has 0 aromatic carbocycles. The smallest absolute Gasteiger partial charge is 0.204 e. The molecule has 0 saturated heterocycles. The van der Waals surface area contributed by atoms with Crippen LogP contribution in [0.4, 0.5) is 0 Å². The summed E-state index contributed by atoms with van der Waals surface area (Å²) in [5.74, 6) is 0. The van der Waals surface area contributed by atoms with E-state index in [0.717, 1.165) is 5.54 Å². The predicted molar refractivity (Wildman–Crippen MR) is 31.1 cm³/mol. The highest BCUT2D eigenvalue weighted by Gasteiger charge is 1.80. The van der Waals surface area contributed by atoms with Crippen LogP contribution in [0.15, 0.2) is 23.6 Å². The SMILES string of the molecule is C=CO/C(Cl)=C/Cl. The van der Waals surface area contributed by atoms with E-state index in [9.17, 15) is 0 Å². The minimum absolute atomic E-state index is 0.122. The molecule has 0 unspecified atom stereocenters. The summed E-state index contributed by atoms with van der Waals surface area (Å²) in [4.78, 5) is 0. The fourth-order valence-electron chi connectivity index (χ4n) is 0.105. The summed E-state index contributed by atoms with van der Waals surface area (Å²) in [5.41, 5.74) is 1.11. The third kappa shape index (κ3) is 3.70. The molecule has 0 aromatic rings. The van der Waals surface area contributed by atoms with Crippen molar-refractivity contribution in [2.24, 2.45) is 0 Å². The van der Waals surface area contributed by atoms with Crippen LogP contribution in [0.25, 0.3) is 0 Å². The number of ether oxygens (including phenoxy) is 1. The Morgan fingerprint density at radius 1 is 1.71 bits per heavy atom. The zero-order chi connectivity index (χ0) is 5.70. The van der Waals surface area contributed by atoms with Crippen molar-refractivity contribution in [2.45, 2.75) is 0 Å². The first kappa shape index (κ1) is 6.86. The Balaban J connectivity index is 3.36. The molecule has 1 nitrogen and oxygen atoms in total. The van der Waals surface area contributed by atoms with Crippen LogP contribution in [0.1, 0.15) is 0 Å². The first-order chi connectivity index (χ1) is 3.31. The summed E-state index contributed by atoms with van der Waals surface area (Å²) in [6, 6.07) is 0. The molecule has 0 atom stereocenters. The first-order valence-electron chi connectivity index (χ1n) is 1.54. The highest BCUT2D eigenvalue weighted by atomic mass is 35.5. The monoisotopic (exact) mass is 138 g/mol. The number of rotatable bonds is 2. The van der Waals surface area contributed by atoms with Crippen LogP contribution in [0.5, 0.6) is 0 Å². The number of halogens is 2. The standard InChI is InChI=1S/C4H4Cl2O/c1-2-7-4(6)3-5/h2-3H,1H2/b4-3+. The van der Waals surface area contributed by atoms with Crippen molar-refractivity contribution in [2.75, 3.05) is 0 Å². The zero-order valence-electron chi connectivity index (χ0n) is 3.53. The van der Waals surface area contributed by atoms with Crippen LogP contribution in [0.2, 0.25) is 0 Å². The third-order valence-electron chi connectivity index (χ3n) is 0.282. The summed E-state index contributed by atoms with van der Waals surface area (Å²) < 4.78 is 4.45. The Labute approximate surface area is 52.2 Å². The average molecular weight is 139 g/mol. The molecule has 0 amide bonds. The van der Waals surface area contributed by atoms with Gasteiger partial charge in [-0.2, -0.15) is 0 Å². The van der Waals surface area contributed by atoms with Gasteiger partial charge in [-0.1, -0.05) is 18.2 Å². The van der Waals surface area contributed by atoms with E-state index in [4.69, 9.17) is 23.2 Å². The van der Waals surface area contributed by atoms with Crippen LogP contribution < -0.4 is 0 Å². The molecule has 0 saturated carbocycles. The minimum Gasteiger partial charge on any atom is -0.453 e. The minimum atomic E-state index is 0.122. The van der Waals surface area contributed by atoms with Gasteiger partial charge in [-0.25, -0.2) is 0 Å². The highest BCUT2D eigenvalue weighted by Crippen LogP contribution is 2.03. The largest absolute Gasteiger partial charge is 0.453 e. The summed E-state index contributed by atoms with van der Waals surface area (Å²) in [6.07, 6.45) is 1.20. The number of hydrogen-bond acceptors (Lipinski definition) is 1. The lowest BCUT2D eigenvalue weighted by atomic mass is 11.1. The highest BCUT2D eigenvalue weighted by molar-refractivity contribution is 6.35. The van der Waals surface area contributed by atoms with Gasteiger partial charge >= 0.3 is 0 Å². The molecular formula is C4H4Cl2O. The van der Waals surface area contributed by atoms with Crippen molar-refractivity contribution in [1.82, 2.24) is 0 Å². The molecule has 7 heavy (non-hydrogen) atoms. The summed E-state index contributed by atoms with van der Waals surface area (Å²) in [5, 5.41) is 0.122. The van der Waals surface area contributed by atoms with Gasteiger partial charge in [0.1, 0.15) is 0 Å². The summed E-state index contributed by atoms with van der Waals surface area (Å²) in [7, 11) is 0. The van der Waals surface area contributed by atoms with E-state index in [1.807, 2.05) is 0 Å². The molecule has 0 aromatic heterocycles. The second-order valence-electron chi connectivity index (χ2n) is 0.698. The fraction of sp³-hybridized carbons (Fsp3) is 0. The van der Waals surface area contributed by atoms with Crippen LogP contribution in [-0.2, 0) is 4.74 Å². The third-order valence-corrected chi connectivity index (χ3v) is 0.790. The van der Waals surface area contributed by atoms with Crippen molar-refractivity contribution < 1.29 is 4.74 Å². The van der Waals surface area contributed by atoms with Crippen molar-refractivity contribution in [3.8, 4) is 0 Å².